The van der Waals surface area contributed by atoms with Crippen LogP contribution in [0, 0.1) is 0 Å². The number of aromatic amines is 1. The molecule has 0 aliphatic rings. The van der Waals surface area contributed by atoms with Crippen LogP contribution in [-0.2, 0) is 0 Å². The lowest BCUT2D eigenvalue weighted by Gasteiger charge is -2.02. The topological polar surface area (TPSA) is 79.4 Å². The number of benzene rings is 2. The number of H-pyrrole nitrogens is 1. The van der Waals surface area contributed by atoms with Gasteiger partial charge in [0, 0.05) is 5.56 Å². The lowest BCUT2D eigenvalue weighted by Crippen LogP contribution is -2.17. The number of amides is 1. The van der Waals surface area contributed by atoms with Crippen molar-refractivity contribution in [2.45, 2.75) is 6.92 Å². The summed E-state index contributed by atoms with van der Waals surface area (Å²) in [7, 11) is 0. The quantitative estimate of drug-likeness (QED) is 0.468. The molecule has 0 spiro atoms. The first kappa shape index (κ1) is 18.9. The maximum absolute atomic E-state index is 12.2. The Labute approximate surface area is 166 Å². The van der Waals surface area contributed by atoms with E-state index in [1.54, 1.807) is 30.5 Å². The highest BCUT2D eigenvalue weighted by Crippen LogP contribution is 2.27. The fourth-order valence-electron chi connectivity index (χ4n) is 2.28. The summed E-state index contributed by atoms with van der Waals surface area (Å²) < 4.78 is 5.37. The minimum atomic E-state index is -0.406. The van der Waals surface area contributed by atoms with Crippen molar-refractivity contribution in [3.63, 3.8) is 0 Å². The summed E-state index contributed by atoms with van der Waals surface area (Å²) in [5.41, 5.74) is 4.89. The zero-order valence-corrected chi connectivity index (χ0v) is 15.9. The Bertz CT molecular complexity index is 968. The van der Waals surface area contributed by atoms with Crippen LogP contribution >= 0.6 is 23.2 Å². The van der Waals surface area contributed by atoms with E-state index in [9.17, 15) is 4.79 Å². The average Bonchev–Trinajstić information content (AvgIpc) is 3.16. The van der Waals surface area contributed by atoms with E-state index in [0.29, 0.717) is 22.3 Å². The van der Waals surface area contributed by atoms with E-state index >= 15 is 0 Å². The van der Waals surface area contributed by atoms with E-state index < -0.39 is 5.91 Å². The van der Waals surface area contributed by atoms with Gasteiger partial charge in [-0.05, 0) is 55.0 Å². The molecule has 0 aliphatic heterocycles. The molecule has 3 rings (SSSR count). The van der Waals surface area contributed by atoms with Gasteiger partial charge in [-0.25, -0.2) is 5.43 Å². The Balaban J connectivity index is 1.63. The van der Waals surface area contributed by atoms with Gasteiger partial charge in [0.1, 0.15) is 11.4 Å². The SMILES string of the molecule is CCOc1ccc(/C=N/NC(=O)c2cc(-c3ccc(Cl)c(Cl)c3)n[nH]2)cc1. The van der Waals surface area contributed by atoms with Gasteiger partial charge >= 0.3 is 0 Å². The normalized spacial score (nSPS) is 10.9. The van der Waals surface area contributed by atoms with Crippen molar-refractivity contribution in [3.8, 4) is 17.0 Å². The van der Waals surface area contributed by atoms with E-state index in [2.05, 4.69) is 20.7 Å². The van der Waals surface area contributed by atoms with Crippen LogP contribution in [-0.4, -0.2) is 28.9 Å². The third-order valence-electron chi connectivity index (χ3n) is 3.61. The first-order valence-electron chi connectivity index (χ1n) is 8.14. The van der Waals surface area contributed by atoms with Gasteiger partial charge < -0.3 is 4.74 Å². The van der Waals surface area contributed by atoms with Crippen molar-refractivity contribution in [3.05, 3.63) is 69.8 Å². The van der Waals surface area contributed by atoms with Crippen LogP contribution in [0.4, 0.5) is 0 Å². The van der Waals surface area contributed by atoms with Gasteiger partial charge in [-0.15, -0.1) is 0 Å². The second kappa shape index (κ2) is 8.70. The molecule has 0 saturated carbocycles. The second-order valence-corrected chi connectivity index (χ2v) is 6.31. The number of ether oxygens (including phenoxy) is 1. The maximum Gasteiger partial charge on any atom is 0.289 e. The molecule has 0 unspecified atom stereocenters. The maximum atomic E-state index is 12.2. The number of rotatable bonds is 6. The van der Waals surface area contributed by atoms with Crippen molar-refractivity contribution < 1.29 is 9.53 Å². The molecule has 0 fully saturated rings. The number of hydrogen-bond acceptors (Lipinski definition) is 4. The molecule has 0 atom stereocenters. The second-order valence-electron chi connectivity index (χ2n) is 5.50. The minimum Gasteiger partial charge on any atom is -0.494 e. The highest BCUT2D eigenvalue weighted by atomic mass is 35.5. The van der Waals surface area contributed by atoms with Gasteiger partial charge in [0.05, 0.1) is 28.6 Å². The molecule has 0 aliphatic carbocycles. The van der Waals surface area contributed by atoms with Crippen LogP contribution in [0.1, 0.15) is 23.0 Å². The van der Waals surface area contributed by atoms with Gasteiger partial charge in [-0.3, -0.25) is 9.89 Å². The molecule has 2 aromatic carbocycles. The summed E-state index contributed by atoms with van der Waals surface area (Å²) in [6.07, 6.45) is 1.55. The molecule has 6 nitrogen and oxygen atoms in total. The van der Waals surface area contributed by atoms with E-state index in [-0.39, 0.29) is 5.69 Å². The number of halogens is 2. The van der Waals surface area contributed by atoms with Crippen molar-refractivity contribution >= 4 is 35.3 Å². The summed E-state index contributed by atoms with van der Waals surface area (Å²) in [6, 6.07) is 14.1. The zero-order chi connectivity index (χ0) is 19.2. The zero-order valence-electron chi connectivity index (χ0n) is 14.4. The summed E-state index contributed by atoms with van der Waals surface area (Å²) in [5, 5.41) is 11.6. The number of aromatic nitrogens is 2. The Kier molecular flexibility index (Phi) is 6.11. The van der Waals surface area contributed by atoms with Crippen LogP contribution in [0.25, 0.3) is 11.3 Å². The largest absolute Gasteiger partial charge is 0.494 e. The van der Waals surface area contributed by atoms with Gasteiger partial charge in [0.25, 0.3) is 5.91 Å². The minimum absolute atomic E-state index is 0.278. The van der Waals surface area contributed by atoms with Crippen molar-refractivity contribution in [1.29, 1.82) is 0 Å². The molecule has 0 saturated heterocycles. The number of nitrogens with one attached hydrogen (secondary N) is 2. The lowest BCUT2D eigenvalue weighted by molar-refractivity contribution is 0.0950. The number of nitrogens with zero attached hydrogens (tertiary/aromatic N) is 2. The Hall–Kier alpha value is -2.83. The number of hydrazone groups is 1. The van der Waals surface area contributed by atoms with Crippen molar-refractivity contribution in [1.82, 2.24) is 15.6 Å². The number of carbonyl (C=O) groups excluding carboxylic acids is 1. The fraction of sp³-hybridized carbons (Fsp3) is 0.105. The third-order valence-corrected chi connectivity index (χ3v) is 4.35. The lowest BCUT2D eigenvalue weighted by atomic mass is 10.1. The summed E-state index contributed by atoms with van der Waals surface area (Å²) in [4.78, 5) is 12.2. The molecule has 0 bridgehead atoms. The first-order chi connectivity index (χ1) is 13.1. The standard InChI is InChI=1S/C19H16Cl2N4O2/c1-2-27-14-6-3-12(4-7-14)11-22-25-19(26)18-10-17(23-24-18)13-5-8-15(20)16(21)9-13/h3-11H,2H2,1H3,(H,23,24)(H,25,26)/b22-11+. The molecule has 0 radical (unpaired) electrons. The van der Waals surface area contributed by atoms with Crippen LogP contribution in [0.15, 0.2) is 53.6 Å². The number of hydrogen-bond donors (Lipinski definition) is 2. The highest BCUT2D eigenvalue weighted by molar-refractivity contribution is 6.42. The Morgan fingerprint density at radius 2 is 1.96 bits per heavy atom. The molecule has 2 N–H and O–H groups in total. The molecule has 8 heteroatoms. The Morgan fingerprint density at radius 1 is 1.19 bits per heavy atom. The molecular weight excluding hydrogens is 387 g/mol. The predicted molar refractivity (Wildman–Crippen MR) is 107 cm³/mol. The smallest absolute Gasteiger partial charge is 0.289 e. The summed E-state index contributed by atoms with van der Waals surface area (Å²) >= 11 is 11.9. The average molecular weight is 403 g/mol. The highest BCUT2D eigenvalue weighted by Gasteiger charge is 2.11. The molecule has 1 amide bonds. The van der Waals surface area contributed by atoms with Crippen LogP contribution in [0.2, 0.25) is 10.0 Å². The number of carbonyl (C=O) groups is 1. The molecule has 27 heavy (non-hydrogen) atoms. The molecule has 138 valence electrons. The van der Waals surface area contributed by atoms with Gasteiger partial charge in [-0.1, -0.05) is 29.3 Å². The van der Waals surface area contributed by atoms with Crippen molar-refractivity contribution in [2.24, 2.45) is 5.10 Å². The van der Waals surface area contributed by atoms with Gasteiger partial charge in [0.2, 0.25) is 0 Å². The fourth-order valence-corrected chi connectivity index (χ4v) is 2.58. The van der Waals surface area contributed by atoms with Crippen LogP contribution < -0.4 is 10.2 Å². The van der Waals surface area contributed by atoms with E-state index in [1.807, 2.05) is 31.2 Å². The summed E-state index contributed by atoms with van der Waals surface area (Å²) in [5.74, 6) is 0.377. The van der Waals surface area contributed by atoms with Crippen LogP contribution in [0.5, 0.6) is 5.75 Å². The monoisotopic (exact) mass is 402 g/mol. The molecule has 1 heterocycles. The first-order valence-corrected chi connectivity index (χ1v) is 8.89. The molecular formula is C19H16Cl2N4O2. The van der Waals surface area contributed by atoms with E-state index in [0.717, 1.165) is 16.9 Å². The van der Waals surface area contributed by atoms with Crippen molar-refractivity contribution in [2.75, 3.05) is 6.61 Å². The Morgan fingerprint density at radius 3 is 2.67 bits per heavy atom. The predicted octanol–water partition coefficient (Wildman–Crippen LogP) is 4.55. The molecule has 3 aromatic rings. The van der Waals surface area contributed by atoms with E-state index in [4.69, 9.17) is 27.9 Å². The van der Waals surface area contributed by atoms with Crippen LogP contribution in [0.3, 0.4) is 0 Å². The summed E-state index contributed by atoms with van der Waals surface area (Å²) in [6.45, 7) is 2.53. The van der Waals surface area contributed by atoms with E-state index in [1.165, 1.54) is 0 Å². The third kappa shape index (κ3) is 4.87. The van der Waals surface area contributed by atoms with Gasteiger partial charge in [-0.2, -0.15) is 10.2 Å². The van der Waals surface area contributed by atoms with Gasteiger partial charge in [0.15, 0.2) is 0 Å². The molecule has 1 aromatic heterocycles.